The fourth-order valence-corrected chi connectivity index (χ4v) is 2.59. The van der Waals surface area contributed by atoms with E-state index in [9.17, 15) is 4.79 Å². The normalized spacial score (nSPS) is 20.5. The monoisotopic (exact) mass is 260 g/mol. The summed E-state index contributed by atoms with van der Waals surface area (Å²) in [4.78, 5) is 12.4. The maximum Gasteiger partial charge on any atom is 0.223 e. The second kappa shape index (κ2) is 6.71. The summed E-state index contributed by atoms with van der Waals surface area (Å²) in [6.45, 7) is 6.16. The smallest absolute Gasteiger partial charge is 0.223 e. The molecule has 1 aromatic carbocycles. The Labute approximate surface area is 115 Å². The Bertz CT molecular complexity index is 396. The third-order valence-electron chi connectivity index (χ3n) is 3.85. The predicted octanol–water partition coefficient (Wildman–Crippen LogP) is 1.98. The zero-order valence-corrected chi connectivity index (χ0v) is 11.9. The molecule has 19 heavy (non-hydrogen) atoms. The molecule has 0 bridgehead atoms. The minimum atomic E-state index is 0.0583. The van der Waals surface area contributed by atoms with Crippen LogP contribution in [0, 0.1) is 11.8 Å². The van der Waals surface area contributed by atoms with E-state index in [1.54, 1.807) is 0 Å². The molecule has 2 atom stereocenters. The van der Waals surface area contributed by atoms with Gasteiger partial charge in [-0.25, -0.2) is 0 Å². The lowest BCUT2D eigenvalue weighted by molar-refractivity contribution is -0.126. The van der Waals surface area contributed by atoms with Crippen molar-refractivity contribution in [2.75, 3.05) is 13.1 Å². The van der Waals surface area contributed by atoms with Crippen molar-refractivity contribution in [3.63, 3.8) is 0 Å². The fraction of sp³-hybridized carbons (Fsp3) is 0.562. The Morgan fingerprint density at radius 3 is 2.68 bits per heavy atom. The van der Waals surface area contributed by atoms with Gasteiger partial charge >= 0.3 is 0 Å². The van der Waals surface area contributed by atoms with E-state index in [-0.39, 0.29) is 11.8 Å². The predicted molar refractivity (Wildman–Crippen MR) is 77.9 cm³/mol. The standard InChI is InChI=1S/C16H24N2O/c1-12(2)15(10-13-6-4-3-5-7-13)16(19)18-14-8-9-17-11-14/h3-7,12,14-15,17H,8-11H2,1-2H3,(H,18,19). The second-order valence-corrected chi connectivity index (χ2v) is 5.74. The minimum Gasteiger partial charge on any atom is -0.352 e. The Hall–Kier alpha value is -1.35. The summed E-state index contributed by atoms with van der Waals surface area (Å²) in [5.74, 6) is 0.616. The van der Waals surface area contributed by atoms with Crippen molar-refractivity contribution < 1.29 is 4.79 Å². The number of carbonyl (C=O) groups excluding carboxylic acids is 1. The Morgan fingerprint density at radius 2 is 2.11 bits per heavy atom. The van der Waals surface area contributed by atoms with E-state index in [0.717, 1.165) is 25.9 Å². The van der Waals surface area contributed by atoms with Crippen LogP contribution in [0.25, 0.3) is 0 Å². The Kier molecular flexibility index (Phi) is 4.97. The molecule has 0 saturated carbocycles. The first-order valence-corrected chi connectivity index (χ1v) is 7.22. The molecule has 1 fully saturated rings. The number of nitrogens with one attached hydrogen (secondary N) is 2. The Morgan fingerprint density at radius 1 is 1.37 bits per heavy atom. The minimum absolute atomic E-state index is 0.0583. The lowest BCUT2D eigenvalue weighted by Gasteiger charge is -2.22. The largest absolute Gasteiger partial charge is 0.352 e. The second-order valence-electron chi connectivity index (χ2n) is 5.74. The molecular weight excluding hydrogens is 236 g/mol. The molecule has 1 aliphatic rings. The van der Waals surface area contributed by atoms with E-state index in [2.05, 4.69) is 36.6 Å². The van der Waals surface area contributed by atoms with Crippen molar-refractivity contribution in [1.29, 1.82) is 0 Å². The molecule has 2 rings (SSSR count). The number of benzene rings is 1. The highest BCUT2D eigenvalue weighted by atomic mass is 16.2. The molecule has 3 nitrogen and oxygen atoms in total. The van der Waals surface area contributed by atoms with Gasteiger partial charge in [0.1, 0.15) is 0 Å². The van der Waals surface area contributed by atoms with Crippen LogP contribution in [-0.2, 0) is 11.2 Å². The molecule has 0 aliphatic carbocycles. The van der Waals surface area contributed by atoms with Gasteiger partial charge in [0.2, 0.25) is 5.91 Å². The third kappa shape index (κ3) is 4.06. The first-order chi connectivity index (χ1) is 9.16. The van der Waals surface area contributed by atoms with Crippen LogP contribution < -0.4 is 10.6 Å². The summed E-state index contributed by atoms with van der Waals surface area (Å²) < 4.78 is 0. The molecule has 1 amide bonds. The lowest BCUT2D eigenvalue weighted by atomic mass is 9.88. The van der Waals surface area contributed by atoms with Crippen LogP contribution in [0.4, 0.5) is 0 Å². The molecular formula is C16H24N2O. The van der Waals surface area contributed by atoms with Crippen molar-refractivity contribution in [3.8, 4) is 0 Å². The van der Waals surface area contributed by atoms with Crippen molar-refractivity contribution in [2.45, 2.75) is 32.7 Å². The highest BCUT2D eigenvalue weighted by molar-refractivity contribution is 5.79. The summed E-state index contributed by atoms with van der Waals surface area (Å²) in [7, 11) is 0. The fourth-order valence-electron chi connectivity index (χ4n) is 2.59. The van der Waals surface area contributed by atoms with Crippen molar-refractivity contribution in [2.24, 2.45) is 11.8 Å². The van der Waals surface area contributed by atoms with Crippen LogP contribution in [0.5, 0.6) is 0 Å². The van der Waals surface area contributed by atoms with E-state index >= 15 is 0 Å². The molecule has 1 aromatic rings. The van der Waals surface area contributed by atoms with E-state index in [0.29, 0.717) is 12.0 Å². The van der Waals surface area contributed by atoms with Gasteiger partial charge in [0.25, 0.3) is 0 Å². The highest BCUT2D eigenvalue weighted by Crippen LogP contribution is 2.18. The molecule has 3 heteroatoms. The Balaban J connectivity index is 1.96. The first kappa shape index (κ1) is 14.1. The zero-order chi connectivity index (χ0) is 13.7. The van der Waals surface area contributed by atoms with Crippen LogP contribution >= 0.6 is 0 Å². The van der Waals surface area contributed by atoms with Gasteiger partial charge in [0.05, 0.1) is 0 Å². The van der Waals surface area contributed by atoms with Crippen molar-refractivity contribution in [1.82, 2.24) is 10.6 Å². The lowest BCUT2D eigenvalue weighted by Crippen LogP contribution is -2.42. The summed E-state index contributed by atoms with van der Waals surface area (Å²) in [6.07, 6.45) is 1.87. The van der Waals surface area contributed by atoms with Crippen molar-refractivity contribution >= 4 is 5.91 Å². The molecule has 1 saturated heterocycles. The van der Waals surface area contributed by atoms with Crippen molar-refractivity contribution in [3.05, 3.63) is 35.9 Å². The SMILES string of the molecule is CC(C)C(Cc1ccccc1)C(=O)NC1CCNC1. The number of hydrogen-bond acceptors (Lipinski definition) is 2. The summed E-state index contributed by atoms with van der Waals surface area (Å²) in [5, 5.41) is 6.46. The van der Waals surface area contributed by atoms with Crippen LogP contribution in [0.1, 0.15) is 25.8 Å². The molecule has 1 heterocycles. The number of rotatable bonds is 5. The summed E-state index contributed by atoms with van der Waals surface area (Å²) in [5.41, 5.74) is 1.24. The van der Waals surface area contributed by atoms with Gasteiger partial charge in [0.15, 0.2) is 0 Å². The maximum absolute atomic E-state index is 12.4. The zero-order valence-electron chi connectivity index (χ0n) is 11.9. The van der Waals surface area contributed by atoms with Crippen LogP contribution in [0.15, 0.2) is 30.3 Å². The van der Waals surface area contributed by atoms with E-state index in [1.165, 1.54) is 5.56 Å². The summed E-state index contributed by atoms with van der Waals surface area (Å²) >= 11 is 0. The maximum atomic E-state index is 12.4. The molecule has 2 N–H and O–H groups in total. The van der Waals surface area contributed by atoms with E-state index < -0.39 is 0 Å². The molecule has 0 aromatic heterocycles. The molecule has 0 radical (unpaired) electrons. The average molecular weight is 260 g/mol. The average Bonchev–Trinajstić information content (AvgIpc) is 2.89. The summed E-state index contributed by atoms with van der Waals surface area (Å²) in [6, 6.07) is 10.6. The van der Waals surface area contributed by atoms with Gasteiger partial charge in [0, 0.05) is 18.5 Å². The third-order valence-corrected chi connectivity index (χ3v) is 3.85. The van der Waals surface area contributed by atoms with Gasteiger partial charge in [-0.2, -0.15) is 0 Å². The van der Waals surface area contributed by atoms with Gasteiger partial charge in [-0.3, -0.25) is 4.79 Å². The topological polar surface area (TPSA) is 41.1 Å². The highest BCUT2D eigenvalue weighted by Gasteiger charge is 2.25. The van der Waals surface area contributed by atoms with E-state index in [1.807, 2.05) is 18.2 Å². The van der Waals surface area contributed by atoms with Gasteiger partial charge in [-0.05, 0) is 30.9 Å². The van der Waals surface area contributed by atoms with Gasteiger partial charge < -0.3 is 10.6 Å². The van der Waals surface area contributed by atoms with Crippen LogP contribution in [0.3, 0.4) is 0 Å². The molecule has 0 spiro atoms. The van der Waals surface area contributed by atoms with Crippen LogP contribution in [-0.4, -0.2) is 25.0 Å². The number of hydrogen-bond donors (Lipinski definition) is 2. The quantitative estimate of drug-likeness (QED) is 0.850. The van der Waals surface area contributed by atoms with Gasteiger partial charge in [-0.1, -0.05) is 44.2 Å². The number of carbonyl (C=O) groups is 1. The van der Waals surface area contributed by atoms with Gasteiger partial charge in [-0.15, -0.1) is 0 Å². The number of amides is 1. The van der Waals surface area contributed by atoms with Crippen LogP contribution in [0.2, 0.25) is 0 Å². The molecule has 104 valence electrons. The van der Waals surface area contributed by atoms with E-state index in [4.69, 9.17) is 0 Å². The molecule has 2 unspecified atom stereocenters. The first-order valence-electron chi connectivity index (χ1n) is 7.22. The molecule has 1 aliphatic heterocycles.